The van der Waals surface area contributed by atoms with Gasteiger partial charge in [-0.05, 0) is 13.3 Å². The van der Waals surface area contributed by atoms with Gasteiger partial charge in [0.15, 0.2) is 5.82 Å². The van der Waals surface area contributed by atoms with Gasteiger partial charge in [-0.1, -0.05) is 17.3 Å². The van der Waals surface area contributed by atoms with E-state index in [0.717, 1.165) is 6.42 Å². The van der Waals surface area contributed by atoms with Crippen molar-refractivity contribution in [1.82, 2.24) is 10.1 Å². The average Bonchev–Trinajstić information content (AvgIpc) is 2.87. The molecule has 16 heavy (non-hydrogen) atoms. The molecule has 0 saturated heterocycles. The first-order chi connectivity index (χ1) is 7.69. The second-order valence-electron chi connectivity index (χ2n) is 4.19. The summed E-state index contributed by atoms with van der Waals surface area (Å²) in [6, 6.07) is 0.109. The molecular weight excluding hydrogens is 206 g/mol. The maximum absolute atomic E-state index is 5.77. The maximum atomic E-state index is 5.77. The van der Waals surface area contributed by atoms with E-state index in [1.165, 1.54) is 0 Å². The van der Waals surface area contributed by atoms with E-state index >= 15 is 0 Å². The normalized spacial score (nSPS) is 26.2. The van der Waals surface area contributed by atoms with Gasteiger partial charge in [-0.3, -0.25) is 0 Å². The van der Waals surface area contributed by atoms with Crippen molar-refractivity contribution >= 4 is 0 Å². The van der Waals surface area contributed by atoms with E-state index < -0.39 is 0 Å². The highest BCUT2D eigenvalue weighted by Crippen LogP contribution is 2.26. The van der Waals surface area contributed by atoms with Crippen molar-refractivity contribution in [2.75, 3.05) is 7.11 Å². The van der Waals surface area contributed by atoms with Crippen LogP contribution in [0.2, 0.25) is 0 Å². The molecular formula is C11H17N3O2. The number of nitrogens with two attached hydrogens (primary N) is 1. The maximum Gasteiger partial charge on any atom is 0.233 e. The van der Waals surface area contributed by atoms with Crippen LogP contribution in [0, 0.1) is 0 Å². The van der Waals surface area contributed by atoms with Gasteiger partial charge in [-0.2, -0.15) is 4.98 Å². The highest BCUT2D eigenvalue weighted by Gasteiger charge is 2.23. The number of aromatic nitrogens is 2. The van der Waals surface area contributed by atoms with Gasteiger partial charge < -0.3 is 15.0 Å². The smallest absolute Gasteiger partial charge is 0.233 e. The Morgan fingerprint density at radius 2 is 2.44 bits per heavy atom. The largest absolute Gasteiger partial charge is 0.381 e. The number of methoxy groups -OCH3 is 1. The third-order valence-electron chi connectivity index (χ3n) is 2.79. The van der Waals surface area contributed by atoms with Gasteiger partial charge >= 0.3 is 0 Å². The fourth-order valence-corrected chi connectivity index (χ4v) is 1.75. The molecule has 1 heterocycles. The van der Waals surface area contributed by atoms with Gasteiger partial charge in [-0.15, -0.1) is 0 Å². The van der Waals surface area contributed by atoms with Gasteiger partial charge in [0, 0.05) is 19.6 Å². The molecule has 0 amide bonds. The summed E-state index contributed by atoms with van der Waals surface area (Å²) < 4.78 is 10.4. The minimum Gasteiger partial charge on any atom is -0.381 e. The van der Waals surface area contributed by atoms with Gasteiger partial charge in [0.1, 0.15) is 0 Å². The monoisotopic (exact) mass is 223 g/mol. The average molecular weight is 223 g/mol. The fraction of sp³-hybridized carbons (Fsp3) is 0.636. The lowest BCUT2D eigenvalue weighted by Gasteiger charge is -2.04. The first kappa shape index (κ1) is 11.3. The van der Waals surface area contributed by atoms with E-state index in [4.69, 9.17) is 15.0 Å². The third-order valence-corrected chi connectivity index (χ3v) is 2.79. The number of ether oxygens (including phenoxy) is 1. The molecule has 1 aromatic heterocycles. The minimum absolute atomic E-state index is 0.104. The van der Waals surface area contributed by atoms with Crippen molar-refractivity contribution in [2.24, 2.45) is 5.73 Å². The summed E-state index contributed by atoms with van der Waals surface area (Å²) >= 11 is 0. The van der Waals surface area contributed by atoms with Crippen LogP contribution in [0.3, 0.4) is 0 Å². The summed E-state index contributed by atoms with van der Waals surface area (Å²) in [6.07, 6.45) is 5.63. The van der Waals surface area contributed by atoms with Crippen LogP contribution in [-0.4, -0.2) is 29.4 Å². The predicted octanol–water partition coefficient (Wildman–Crippen LogP) is 1.02. The Bertz CT molecular complexity index is 375. The highest BCUT2D eigenvalue weighted by molar-refractivity contribution is 5.15. The fourth-order valence-electron chi connectivity index (χ4n) is 1.75. The van der Waals surface area contributed by atoms with E-state index in [-0.39, 0.29) is 18.1 Å². The molecule has 3 unspecified atom stereocenters. The predicted molar refractivity (Wildman–Crippen MR) is 58.9 cm³/mol. The molecule has 0 aromatic carbocycles. The van der Waals surface area contributed by atoms with Crippen LogP contribution in [0.5, 0.6) is 0 Å². The number of rotatable bonds is 4. The summed E-state index contributed by atoms with van der Waals surface area (Å²) in [4.78, 5) is 4.35. The minimum atomic E-state index is 0.104. The molecule has 0 fully saturated rings. The van der Waals surface area contributed by atoms with E-state index in [2.05, 4.69) is 10.1 Å². The van der Waals surface area contributed by atoms with Crippen LogP contribution < -0.4 is 5.73 Å². The zero-order valence-electron chi connectivity index (χ0n) is 9.59. The van der Waals surface area contributed by atoms with E-state index in [1.807, 2.05) is 19.1 Å². The molecule has 0 bridgehead atoms. The SMILES string of the molecule is COC(C)Cc1noc(C2C=CC(N)C2)n1. The lowest BCUT2D eigenvalue weighted by molar-refractivity contribution is 0.116. The molecule has 0 radical (unpaired) electrons. The zero-order valence-corrected chi connectivity index (χ0v) is 9.59. The van der Waals surface area contributed by atoms with Crippen molar-refractivity contribution < 1.29 is 9.26 Å². The van der Waals surface area contributed by atoms with Crippen molar-refractivity contribution in [1.29, 1.82) is 0 Å². The Morgan fingerprint density at radius 3 is 3.06 bits per heavy atom. The van der Waals surface area contributed by atoms with Crippen LogP contribution in [0.15, 0.2) is 16.7 Å². The third kappa shape index (κ3) is 2.48. The quantitative estimate of drug-likeness (QED) is 0.771. The number of hydrogen-bond acceptors (Lipinski definition) is 5. The molecule has 1 aromatic rings. The van der Waals surface area contributed by atoms with Crippen molar-refractivity contribution in [3.63, 3.8) is 0 Å². The second kappa shape index (κ2) is 4.76. The Morgan fingerprint density at radius 1 is 1.62 bits per heavy atom. The highest BCUT2D eigenvalue weighted by atomic mass is 16.5. The number of hydrogen-bond donors (Lipinski definition) is 1. The molecule has 0 spiro atoms. The van der Waals surface area contributed by atoms with Crippen molar-refractivity contribution in [2.45, 2.75) is 37.8 Å². The van der Waals surface area contributed by atoms with Crippen molar-refractivity contribution in [3.05, 3.63) is 23.9 Å². The first-order valence-corrected chi connectivity index (χ1v) is 5.48. The Hall–Kier alpha value is -1.20. The van der Waals surface area contributed by atoms with Crippen LogP contribution in [0.25, 0.3) is 0 Å². The van der Waals surface area contributed by atoms with Crippen LogP contribution in [-0.2, 0) is 11.2 Å². The second-order valence-corrected chi connectivity index (χ2v) is 4.19. The number of allylic oxidation sites excluding steroid dienone is 1. The molecule has 3 atom stereocenters. The van der Waals surface area contributed by atoms with Crippen molar-refractivity contribution in [3.8, 4) is 0 Å². The molecule has 1 aliphatic rings. The summed E-state index contributed by atoms with van der Waals surface area (Å²) in [5.74, 6) is 1.52. The van der Waals surface area contributed by atoms with Gasteiger partial charge in [0.2, 0.25) is 5.89 Å². The van der Waals surface area contributed by atoms with E-state index in [1.54, 1.807) is 7.11 Å². The van der Waals surface area contributed by atoms with Gasteiger partial charge in [0.05, 0.1) is 12.0 Å². The summed E-state index contributed by atoms with van der Waals surface area (Å²) in [7, 11) is 1.67. The molecule has 1 aliphatic carbocycles. The standard InChI is InChI=1S/C11H17N3O2/c1-7(15-2)5-10-13-11(16-14-10)8-3-4-9(12)6-8/h3-4,7-9H,5-6,12H2,1-2H3. The van der Waals surface area contributed by atoms with E-state index in [0.29, 0.717) is 18.1 Å². The first-order valence-electron chi connectivity index (χ1n) is 5.48. The lowest BCUT2D eigenvalue weighted by Crippen LogP contribution is -2.14. The molecule has 88 valence electrons. The summed E-state index contributed by atoms with van der Waals surface area (Å²) in [5.41, 5.74) is 5.77. The Balaban J connectivity index is 2.00. The summed E-state index contributed by atoms with van der Waals surface area (Å²) in [5, 5.41) is 3.93. The van der Waals surface area contributed by atoms with Gasteiger partial charge in [-0.25, -0.2) is 0 Å². The van der Waals surface area contributed by atoms with Crippen LogP contribution >= 0.6 is 0 Å². The Kier molecular flexibility index (Phi) is 3.36. The Labute approximate surface area is 94.7 Å². The number of nitrogens with zero attached hydrogens (tertiary/aromatic N) is 2. The molecule has 0 saturated carbocycles. The van der Waals surface area contributed by atoms with Gasteiger partial charge in [0.25, 0.3) is 0 Å². The molecule has 2 rings (SSSR count). The lowest BCUT2D eigenvalue weighted by atomic mass is 10.1. The molecule has 5 heteroatoms. The van der Waals surface area contributed by atoms with E-state index in [9.17, 15) is 0 Å². The topological polar surface area (TPSA) is 74.2 Å². The molecule has 0 aliphatic heterocycles. The molecule has 5 nitrogen and oxygen atoms in total. The zero-order chi connectivity index (χ0) is 11.5. The van der Waals surface area contributed by atoms with Crippen LogP contribution in [0.1, 0.15) is 31.0 Å². The summed E-state index contributed by atoms with van der Waals surface area (Å²) in [6.45, 7) is 1.97. The molecule has 2 N–H and O–H groups in total. The van der Waals surface area contributed by atoms with Crippen LogP contribution in [0.4, 0.5) is 0 Å².